The van der Waals surface area contributed by atoms with E-state index in [2.05, 4.69) is 0 Å². The van der Waals surface area contributed by atoms with E-state index in [9.17, 15) is 8.42 Å². The number of ether oxygens (including phenoxy) is 1. The van der Waals surface area contributed by atoms with Gasteiger partial charge in [-0.15, -0.1) is 0 Å². The molecule has 1 heterocycles. The van der Waals surface area contributed by atoms with Gasteiger partial charge in [-0.05, 0) is 51.9 Å². The molecule has 20 heavy (non-hydrogen) atoms. The normalized spacial score (nSPS) is 43.9. The standard InChI is InChI=1S/C16H28O3S/c1-14(2,3)19-13-16-10-6-4-8-15(16,9-5-7-11-16)12-20(13,17)18/h13H,4-12H2,1-3H3/t13-,15?,16?/m1/s1. The second-order valence-corrected chi connectivity index (χ2v) is 10.3. The summed E-state index contributed by atoms with van der Waals surface area (Å²) < 4.78 is 31.8. The molecule has 0 bridgehead atoms. The maximum absolute atomic E-state index is 12.8. The quantitative estimate of drug-likeness (QED) is 0.742. The van der Waals surface area contributed by atoms with Crippen molar-refractivity contribution < 1.29 is 13.2 Å². The van der Waals surface area contributed by atoms with E-state index in [1.165, 1.54) is 25.7 Å². The summed E-state index contributed by atoms with van der Waals surface area (Å²) in [5.41, 5.74) is -1.01. The highest BCUT2D eigenvalue weighted by atomic mass is 32.2. The Morgan fingerprint density at radius 1 is 0.950 bits per heavy atom. The van der Waals surface area contributed by atoms with Crippen LogP contribution in [0.25, 0.3) is 0 Å². The monoisotopic (exact) mass is 300 g/mol. The van der Waals surface area contributed by atoms with Crippen LogP contribution in [0.15, 0.2) is 0 Å². The highest BCUT2D eigenvalue weighted by molar-refractivity contribution is 7.92. The Hall–Kier alpha value is -0.0900. The van der Waals surface area contributed by atoms with Crippen LogP contribution in [0.2, 0.25) is 0 Å². The predicted molar refractivity (Wildman–Crippen MR) is 80.2 cm³/mol. The molecule has 0 spiro atoms. The molecule has 0 unspecified atom stereocenters. The second-order valence-electron chi connectivity index (χ2n) is 8.22. The van der Waals surface area contributed by atoms with Gasteiger partial charge in [-0.25, -0.2) is 8.42 Å². The highest BCUT2D eigenvalue weighted by Gasteiger charge is 2.68. The fraction of sp³-hybridized carbons (Fsp3) is 1.00. The number of hydrogen-bond acceptors (Lipinski definition) is 3. The van der Waals surface area contributed by atoms with Crippen LogP contribution in [0.1, 0.15) is 72.1 Å². The molecule has 0 amide bonds. The molecule has 0 radical (unpaired) electrons. The van der Waals surface area contributed by atoms with E-state index >= 15 is 0 Å². The van der Waals surface area contributed by atoms with E-state index in [0.717, 1.165) is 25.7 Å². The molecule has 0 aromatic carbocycles. The molecule has 1 aliphatic heterocycles. The molecule has 4 heteroatoms. The first kappa shape index (κ1) is 14.8. The van der Waals surface area contributed by atoms with Gasteiger partial charge < -0.3 is 4.74 Å². The van der Waals surface area contributed by atoms with Crippen molar-refractivity contribution in [2.45, 2.75) is 83.2 Å². The van der Waals surface area contributed by atoms with Gasteiger partial charge >= 0.3 is 0 Å². The summed E-state index contributed by atoms with van der Waals surface area (Å²) in [5.74, 6) is 0.376. The van der Waals surface area contributed by atoms with Crippen LogP contribution in [-0.4, -0.2) is 25.2 Å². The van der Waals surface area contributed by atoms with Gasteiger partial charge in [0.1, 0.15) is 0 Å². The van der Waals surface area contributed by atoms with Gasteiger partial charge in [0.15, 0.2) is 15.3 Å². The molecule has 1 saturated heterocycles. The zero-order valence-corrected chi connectivity index (χ0v) is 13.9. The zero-order valence-electron chi connectivity index (χ0n) is 13.1. The van der Waals surface area contributed by atoms with E-state index in [0.29, 0.717) is 5.75 Å². The molecule has 1 atom stereocenters. The molecule has 3 aliphatic rings. The number of rotatable bonds is 1. The van der Waals surface area contributed by atoms with E-state index in [-0.39, 0.29) is 10.8 Å². The molecule has 3 fully saturated rings. The Balaban J connectivity index is 2.07. The smallest absolute Gasteiger partial charge is 0.178 e. The summed E-state index contributed by atoms with van der Waals surface area (Å²) in [7, 11) is -3.13. The fourth-order valence-corrected chi connectivity index (χ4v) is 8.28. The van der Waals surface area contributed by atoms with Gasteiger partial charge in [0, 0.05) is 5.41 Å². The van der Waals surface area contributed by atoms with E-state index in [1.54, 1.807) is 0 Å². The Morgan fingerprint density at radius 3 is 1.95 bits per heavy atom. The molecule has 2 saturated carbocycles. The second kappa shape index (κ2) is 4.45. The molecule has 0 N–H and O–H groups in total. The van der Waals surface area contributed by atoms with Crippen LogP contribution >= 0.6 is 0 Å². The van der Waals surface area contributed by atoms with Crippen molar-refractivity contribution in [3.63, 3.8) is 0 Å². The Labute approximate surface area is 123 Å². The first-order chi connectivity index (χ1) is 9.21. The molecule has 3 nitrogen and oxygen atoms in total. The summed E-state index contributed by atoms with van der Waals surface area (Å²) in [5, 5.41) is 0. The maximum Gasteiger partial charge on any atom is 0.178 e. The molecule has 0 aromatic rings. The lowest BCUT2D eigenvalue weighted by Crippen LogP contribution is -2.51. The van der Waals surface area contributed by atoms with Gasteiger partial charge in [-0.1, -0.05) is 25.7 Å². The van der Waals surface area contributed by atoms with Crippen molar-refractivity contribution in [1.29, 1.82) is 0 Å². The van der Waals surface area contributed by atoms with Crippen molar-refractivity contribution in [3.05, 3.63) is 0 Å². The Bertz CT molecular complexity index is 474. The van der Waals surface area contributed by atoms with Crippen molar-refractivity contribution in [3.8, 4) is 0 Å². The molecule has 116 valence electrons. The maximum atomic E-state index is 12.8. The van der Waals surface area contributed by atoms with Crippen molar-refractivity contribution in [2.75, 3.05) is 5.75 Å². The van der Waals surface area contributed by atoms with Gasteiger partial charge in [0.2, 0.25) is 0 Å². The van der Waals surface area contributed by atoms with Gasteiger partial charge in [0.25, 0.3) is 0 Å². The first-order valence-corrected chi connectivity index (χ1v) is 9.82. The summed E-state index contributed by atoms with van der Waals surface area (Å²) in [4.78, 5) is 0. The third-order valence-electron chi connectivity index (χ3n) is 5.83. The zero-order chi connectivity index (χ0) is 14.6. The van der Waals surface area contributed by atoms with Crippen LogP contribution in [-0.2, 0) is 14.6 Å². The van der Waals surface area contributed by atoms with Crippen LogP contribution in [0.4, 0.5) is 0 Å². The van der Waals surface area contributed by atoms with Crippen molar-refractivity contribution in [1.82, 2.24) is 0 Å². The summed E-state index contributed by atoms with van der Waals surface area (Å²) >= 11 is 0. The Kier molecular flexibility index (Phi) is 3.30. The number of hydrogen-bond donors (Lipinski definition) is 0. The molecule has 2 aliphatic carbocycles. The molecule has 3 rings (SSSR count). The highest BCUT2D eigenvalue weighted by Crippen LogP contribution is 2.67. The average Bonchev–Trinajstić information content (AvgIpc) is 2.53. The summed E-state index contributed by atoms with van der Waals surface area (Å²) in [6.45, 7) is 5.93. The van der Waals surface area contributed by atoms with Crippen molar-refractivity contribution in [2.24, 2.45) is 10.8 Å². The lowest BCUT2D eigenvalue weighted by atomic mass is 9.51. The van der Waals surface area contributed by atoms with Crippen LogP contribution in [0, 0.1) is 10.8 Å². The third-order valence-corrected chi connectivity index (χ3v) is 7.98. The average molecular weight is 300 g/mol. The van der Waals surface area contributed by atoms with Gasteiger partial charge in [-0.3, -0.25) is 0 Å². The van der Waals surface area contributed by atoms with E-state index in [4.69, 9.17) is 4.74 Å². The van der Waals surface area contributed by atoms with Crippen LogP contribution in [0.3, 0.4) is 0 Å². The SMILES string of the molecule is CC(C)(C)O[C@H]1C23CCCCC2(CCCC3)CS1(=O)=O. The lowest BCUT2D eigenvalue weighted by Gasteiger charge is -2.54. The minimum absolute atomic E-state index is 0.0260. The molecule has 0 aromatic heterocycles. The van der Waals surface area contributed by atoms with Crippen LogP contribution in [0.5, 0.6) is 0 Å². The molecular formula is C16H28O3S. The first-order valence-electron chi connectivity index (χ1n) is 8.10. The topological polar surface area (TPSA) is 43.4 Å². The summed E-state index contributed by atoms with van der Waals surface area (Å²) in [6, 6.07) is 0. The van der Waals surface area contributed by atoms with Crippen molar-refractivity contribution >= 4 is 9.84 Å². The molecular weight excluding hydrogens is 272 g/mol. The number of sulfone groups is 1. The summed E-state index contributed by atoms with van der Waals surface area (Å²) in [6.07, 6.45) is 9.01. The largest absolute Gasteiger partial charge is 0.356 e. The van der Waals surface area contributed by atoms with Gasteiger partial charge in [0.05, 0.1) is 11.4 Å². The van der Waals surface area contributed by atoms with E-state index in [1.807, 2.05) is 20.8 Å². The fourth-order valence-electron chi connectivity index (χ4n) is 5.17. The predicted octanol–water partition coefficient (Wildman–Crippen LogP) is 3.68. The minimum atomic E-state index is -3.13. The van der Waals surface area contributed by atoms with Crippen LogP contribution < -0.4 is 0 Å². The van der Waals surface area contributed by atoms with Gasteiger partial charge in [-0.2, -0.15) is 0 Å². The Morgan fingerprint density at radius 2 is 1.45 bits per heavy atom. The minimum Gasteiger partial charge on any atom is -0.356 e. The van der Waals surface area contributed by atoms with E-state index < -0.39 is 20.9 Å². The lowest BCUT2D eigenvalue weighted by molar-refractivity contribution is -0.140. The third kappa shape index (κ3) is 2.06.